The highest BCUT2D eigenvalue weighted by Crippen LogP contribution is 2.42. The Balaban J connectivity index is 2.00. The number of rotatable bonds is 7. The molecule has 0 spiro atoms. The Morgan fingerprint density at radius 1 is 1.26 bits per heavy atom. The van der Waals surface area contributed by atoms with Gasteiger partial charge in [-0.3, -0.25) is 0 Å². The molecule has 34 heavy (non-hydrogen) atoms. The van der Waals surface area contributed by atoms with Crippen molar-refractivity contribution >= 4 is 28.6 Å². The van der Waals surface area contributed by atoms with Crippen LogP contribution < -0.4 is 0 Å². The van der Waals surface area contributed by atoms with Crippen LogP contribution in [0.15, 0.2) is 24.3 Å². The van der Waals surface area contributed by atoms with Crippen molar-refractivity contribution in [3.8, 4) is 11.1 Å². The molecule has 1 aromatic carbocycles. The highest BCUT2D eigenvalue weighted by molar-refractivity contribution is 6.30. The van der Waals surface area contributed by atoms with Crippen LogP contribution in [0.4, 0.5) is 0 Å². The average molecular weight is 485 g/mol. The monoisotopic (exact) mass is 484 g/mol. The first-order chi connectivity index (χ1) is 16.0. The molecule has 0 amide bonds. The van der Waals surface area contributed by atoms with Crippen molar-refractivity contribution in [3.63, 3.8) is 0 Å². The van der Waals surface area contributed by atoms with Gasteiger partial charge >= 0.3 is 5.97 Å². The lowest BCUT2D eigenvalue weighted by molar-refractivity contribution is -0.160. The predicted octanol–water partition coefficient (Wildman–Crippen LogP) is 6.40. The van der Waals surface area contributed by atoms with Gasteiger partial charge in [0.1, 0.15) is 5.65 Å². The lowest BCUT2D eigenvalue weighted by Crippen LogP contribution is -2.28. The minimum Gasteiger partial charge on any atom is -0.479 e. The Kier molecular flexibility index (Phi) is 6.78. The van der Waals surface area contributed by atoms with Crippen LogP contribution in [0.25, 0.3) is 22.2 Å². The lowest BCUT2D eigenvalue weighted by Gasteiger charge is -2.28. The van der Waals surface area contributed by atoms with Crippen LogP contribution in [-0.4, -0.2) is 38.9 Å². The first-order valence-corrected chi connectivity index (χ1v) is 12.1. The van der Waals surface area contributed by atoms with Crippen molar-refractivity contribution in [3.05, 3.63) is 51.8 Å². The minimum atomic E-state index is -1.16. The Morgan fingerprint density at radius 3 is 2.44 bits per heavy atom. The van der Waals surface area contributed by atoms with Gasteiger partial charge in [-0.25, -0.2) is 9.78 Å². The molecular formula is C27H33ClN2O4. The van der Waals surface area contributed by atoms with Crippen LogP contribution in [0.3, 0.4) is 0 Å². The van der Waals surface area contributed by atoms with Gasteiger partial charge in [0, 0.05) is 46.1 Å². The molecule has 0 saturated carbocycles. The molecule has 7 heteroatoms. The van der Waals surface area contributed by atoms with Gasteiger partial charge in [-0.05, 0) is 77.6 Å². The summed E-state index contributed by atoms with van der Waals surface area (Å²) >= 11 is 6.19. The zero-order valence-electron chi connectivity index (χ0n) is 20.7. The van der Waals surface area contributed by atoms with E-state index in [2.05, 4.69) is 18.4 Å². The van der Waals surface area contributed by atoms with E-state index in [1.165, 1.54) is 0 Å². The predicted molar refractivity (Wildman–Crippen MR) is 135 cm³/mol. The number of carboxylic acid groups (broad SMARTS) is 1. The number of hydrogen-bond acceptors (Lipinski definition) is 4. The van der Waals surface area contributed by atoms with Gasteiger partial charge in [0.2, 0.25) is 0 Å². The Morgan fingerprint density at radius 2 is 1.91 bits per heavy atom. The van der Waals surface area contributed by atoms with Crippen LogP contribution in [-0.2, 0) is 20.8 Å². The molecule has 2 aromatic heterocycles. The first kappa shape index (κ1) is 24.7. The molecule has 0 bridgehead atoms. The summed E-state index contributed by atoms with van der Waals surface area (Å²) in [5.41, 5.74) is 5.38. The van der Waals surface area contributed by atoms with E-state index in [-0.39, 0.29) is 0 Å². The van der Waals surface area contributed by atoms with Crippen molar-refractivity contribution < 1.29 is 19.4 Å². The minimum absolute atomic E-state index is 0.296. The molecule has 3 heterocycles. The maximum Gasteiger partial charge on any atom is 0.337 e. The number of fused-ring (bicyclic) bond motifs is 1. The fraction of sp³-hybridized carbons (Fsp3) is 0.481. The second-order valence-corrected chi connectivity index (χ2v) is 10.5. The van der Waals surface area contributed by atoms with E-state index in [1.807, 2.05) is 52.0 Å². The fourth-order valence-electron chi connectivity index (χ4n) is 4.68. The molecule has 1 saturated heterocycles. The van der Waals surface area contributed by atoms with Gasteiger partial charge in [0.25, 0.3) is 0 Å². The quantitative estimate of drug-likeness (QED) is 0.420. The van der Waals surface area contributed by atoms with Crippen molar-refractivity contribution in [1.29, 1.82) is 0 Å². The van der Waals surface area contributed by atoms with Crippen molar-refractivity contribution in [2.75, 3.05) is 6.61 Å². The number of hydrogen-bond donors (Lipinski definition) is 1. The van der Waals surface area contributed by atoms with Crippen LogP contribution in [0, 0.1) is 20.8 Å². The summed E-state index contributed by atoms with van der Waals surface area (Å²) in [4.78, 5) is 17.5. The summed E-state index contributed by atoms with van der Waals surface area (Å²) in [5.74, 6) is -1.04. The number of aryl methyl sites for hydroxylation is 3. The lowest BCUT2D eigenvalue weighted by atomic mass is 9.91. The number of nitrogens with zero attached hydrogens (tertiary/aromatic N) is 2. The van der Waals surface area contributed by atoms with Crippen molar-refractivity contribution in [2.24, 2.45) is 0 Å². The van der Waals surface area contributed by atoms with E-state index in [0.717, 1.165) is 59.4 Å². The maximum absolute atomic E-state index is 12.5. The smallest absolute Gasteiger partial charge is 0.337 e. The van der Waals surface area contributed by atoms with E-state index in [1.54, 1.807) is 0 Å². The summed E-state index contributed by atoms with van der Waals surface area (Å²) in [6.45, 7) is 13.3. The number of carbonyl (C=O) groups is 1. The number of pyridine rings is 1. The van der Waals surface area contributed by atoms with Crippen LogP contribution in [0.5, 0.6) is 0 Å². The molecule has 1 N–H and O–H groups in total. The summed E-state index contributed by atoms with van der Waals surface area (Å²) in [5, 5.41) is 11.8. The highest BCUT2D eigenvalue weighted by atomic mass is 35.5. The summed E-state index contributed by atoms with van der Waals surface area (Å²) in [7, 11) is 0. The molecule has 6 nitrogen and oxygen atoms in total. The SMILES string of the molecule is Cc1nc2c(c(C)c(C)n2CCC2CCO2)c(-c2ccc(Cl)cc2)c1[C@H](OC(C)(C)C)C(=O)O. The summed E-state index contributed by atoms with van der Waals surface area (Å²) < 4.78 is 14.0. The molecular weight excluding hydrogens is 452 g/mol. The highest BCUT2D eigenvalue weighted by Gasteiger charge is 2.33. The van der Waals surface area contributed by atoms with E-state index in [0.29, 0.717) is 22.4 Å². The Labute approximate surface area is 205 Å². The van der Waals surface area contributed by atoms with Gasteiger partial charge < -0.3 is 19.1 Å². The zero-order valence-corrected chi connectivity index (χ0v) is 21.5. The summed E-state index contributed by atoms with van der Waals surface area (Å²) in [6, 6.07) is 7.53. The van der Waals surface area contributed by atoms with Gasteiger partial charge in [-0.1, -0.05) is 23.7 Å². The molecule has 2 atom stereocenters. The molecule has 182 valence electrons. The largest absolute Gasteiger partial charge is 0.479 e. The van der Waals surface area contributed by atoms with Gasteiger partial charge in [-0.2, -0.15) is 0 Å². The number of carboxylic acids is 1. The van der Waals surface area contributed by atoms with Crippen LogP contribution in [0.1, 0.15) is 62.2 Å². The number of aromatic nitrogens is 2. The van der Waals surface area contributed by atoms with E-state index < -0.39 is 17.7 Å². The number of ether oxygens (including phenoxy) is 2. The Bertz CT molecular complexity index is 1220. The summed E-state index contributed by atoms with van der Waals surface area (Å²) in [6.07, 6.45) is 1.15. The molecule has 0 radical (unpaired) electrons. The molecule has 3 aromatic rings. The second kappa shape index (κ2) is 9.33. The molecule has 4 rings (SSSR count). The second-order valence-electron chi connectivity index (χ2n) is 10.1. The fourth-order valence-corrected chi connectivity index (χ4v) is 4.80. The molecule has 1 unspecified atom stereocenters. The van der Waals surface area contributed by atoms with E-state index in [4.69, 9.17) is 26.1 Å². The third kappa shape index (κ3) is 4.72. The molecule has 1 fully saturated rings. The van der Waals surface area contributed by atoms with Gasteiger partial charge in [0.05, 0.1) is 11.7 Å². The van der Waals surface area contributed by atoms with E-state index in [9.17, 15) is 9.90 Å². The van der Waals surface area contributed by atoms with Crippen molar-refractivity contribution in [2.45, 2.75) is 78.7 Å². The average Bonchev–Trinajstić information content (AvgIpc) is 2.94. The maximum atomic E-state index is 12.5. The van der Waals surface area contributed by atoms with Gasteiger partial charge in [-0.15, -0.1) is 0 Å². The topological polar surface area (TPSA) is 73.6 Å². The van der Waals surface area contributed by atoms with E-state index >= 15 is 0 Å². The zero-order chi connectivity index (χ0) is 24.8. The molecule has 1 aliphatic heterocycles. The van der Waals surface area contributed by atoms with Crippen LogP contribution >= 0.6 is 11.6 Å². The molecule has 1 aliphatic rings. The third-order valence-electron chi connectivity index (χ3n) is 6.54. The number of aliphatic carboxylic acids is 1. The normalized spacial score (nSPS) is 17.1. The number of halogens is 1. The Hall–Kier alpha value is -2.41. The van der Waals surface area contributed by atoms with Gasteiger partial charge in [0.15, 0.2) is 6.10 Å². The third-order valence-corrected chi connectivity index (χ3v) is 6.80. The van der Waals surface area contributed by atoms with Crippen LogP contribution in [0.2, 0.25) is 5.02 Å². The van der Waals surface area contributed by atoms with Crippen molar-refractivity contribution in [1.82, 2.24) is 9.55 Å². The molecule has 0 aliphatic carbocycles. The standard InChI is InChI=1S/C27H33ClN2O4/c1-15-17(3)30(13-11-20-12-14-33-20)25-21(15)23(18-7-9-19(28)10-8-18)22(16(2)29-25)24(26(31)32)34-27(4,5)6/h7-10,20,24H,11-14H2,1-6H3,(H,31,32)/t20?,24-/m0/s1. The number of benzene rings is 1. The first-order valence-electron chi connectivity index (χ1n) is 11.8.